The summed E-state index contributed by atoms with van der Waals surface area (Å²) in [6, 6.07) is 14.7. The lowest BCUT2D eigenvalue weighted by molar-refractivity contribution is -0.122. The average Bonchev–Trinajstić information content (AvgIpc) is 3.29. The molecule has 3 aliphatic rings. The number of halogens is 1. The standard InChI is InChI=1S/C21H16ClNO2/c22-15-9-6-12(7-10-15)19(24)18-13-5-8-14(11-13)21(18)16-3-1-2-4-17(16)23-20(21)25/h1-10,13-14,18H,11H2,(H,23,25)/t13-,14+,18+,21-/m0/s1. The van der Waals surface area contributed by atoms with Crippen LogP contribution in [0.5, 0.6) is 0 Å². The minimum atomic E-state index is -0.785. The fraction of sp³-hybridized carbons (Fsp3) is 0.238. The van der Waals surface area contributed by atoms with Gasteiger partial charge in [0, 0.05) is 22.2 Å². The molecular weight excluding hydrogens is 334 g/mol. The van der Waals surface area contributed by atoms with Crippen molar-refractivity contribution in [1.82, 2.24) is 0 Å². The molecule has 1 N–H and O–H groups in total. The van der Waals surface area contributed by atoms with Gasteiger partial charge < -0.3 is 5.32 Å². The molecule has 5 rings (SSSR count). The van der Waals surface area contributed by atoms with Gasteiger partial charge in [0.2, 0.25) is 5.91 Å². The van der Waals surface area contributed by atoms with E-state index >= 15 is 0 Å². The van der Waals surface area contributed by atoms with Gasteiger partial charge in [-0.05, 0) is 54.2 Å². The number of hydrogen-bond donors (Lipinski definition) is 1. The van der Waals surface area contributed by atoms with E-state index in [2.05, 4.69) is 17.5 Å². The van der Waals surface area contributed by atoms with E-state index in [9.17, 15) is 9.59 Å². The summed E-state index contributed by atoms with van der Waals surface area (Å²) in [5.41, 5.74) is 1.63. The van der Waals surface area contributed by atoms with Gasteiger partial charge >= 0.3 is 0 Å². The first-order valence-electron chi connectivity index (χ1n) is 8.51. The van der Waals surface area contributed by atoms with E-state index in [-0.39, 0.29) is 29.4 Å². The molecule has 4 atom stereocenters. The quantitative estimate of drug-likeness (QED) is 0.651. The van der Waals surface area contributed by atoms with E-state index in [4.69, 9.17) is 11.6 Å². The van der Waals surface area contributed by atoms with E-state index in [1.54, 1.807) is 24.3 Å². The second kappa shape index (κ2) is 5.06. The molecule has 2 bridgehead atoms. The molecule has 2 aromatic rings. The van der Waals surface area contributed by atoms with Crippen molar-refractivity contribution in [2.24, 2.45) is 17.8 Å². The Kier molecular flexibility index (Phi) is 3.02. The van der Waals surface area contributed by atoms with E-state index in [1.165, 1.54) is 0 Å². The molecule has 0 unspecified atom stereocenters. The number of benzene rings is 2. The molecule has 0 radical (unpaired) electrons. The normalized spacial score (nSPS) is 31.4. The Hall–Kier alpha value is -2.39. The zero-order valence-electron chi connectivity index (χ0n) is 13.4. The highest BCUT2D eigenvalue weighted by molar-refractivity contribution is 6.30. The molecule has 4 heteroatoms. The van der Waals surface area contributed by atoms with E-state index in [0.29, 0.717) is 10.6 Å². The molecule has 2 aliphatic carbocycles. The molecule has 1 spiro atoms. The van der Waals surface area contributed by atoms with E-state index < -0.39 is 5.41 Å². The van der Waals surface area contributed by atoms with Crippen LogP contribution in [0.15, 0.2) is 60.7 Å². The van der Waals surface area contributed by atoms with Gasteiger partial charge in [0.25, 0.3) is 0 Å². The van der Waals surface area contributed by atoms with Crippen molar-refractivity contribution in [2.75, 3.05) is 5.32 Å². The highest BCUT2D eigenvalue weighted by atomic mass is 35.5. The van der Waals surface area contributed by atoms with Crippen LogP contribution in [-0.4, -0.2) is 11.7 Å². The van der Waals surface area contributed by atoms with Crippen LogP contribution in [0.4, 0.5) is 5.69 Å². The first kappa shape index (κ1) is 14.9. The summed E-state index contributed by atoms with van der Waals surface area (Å²) in [4.78, 5) is 26.5. The summed E-state index contributed by atoms with van der Waals surface area (Å²) in [5, 5.41) is 3.61. The topological polar surface area (TPSA) is 46.2 Å². The highest BCUT2D eigenvalue weighted by Gasteiger charge is 2.66. The minimum Gasteiger partial charge on any atom is -0.325 e. The molecule has 0 saturated heterocycles. The number of hydrogen-bond acceptors (Lipinski definition) is 2. The molecule has 0 aromatic heterocycles. The number of rotatable bonds is 2. The number of ketones is 1. The van der Waals surface area contributed by atoms with Gasteiger partial charge in [-0.2, -0.15) is 0 Å². The van der Waals surface area contributed by atoms with Crippen LogP contribution < -0.4 is 5.32 Å². The molecular formula is C21H16ClNO2. The van der Waals surface area contributed by atoms with Gasteiger partial charge in [0.1, 0.15) is 0 Å². The van der Waals surface area contributed by atoms with E-state index in [0.717, 1.165) is 17.7 Å². The molecule has 1 amide bonds. The predicted molar refractivity (Wildman–Crippen MR) is 96.8 cm³/mol. The molecule has 1 saturated carbocycles. The van der Waals surface area contributed by atoms with Crippen LogP contribution in [-0.2, 0) is 10.2 Å². The predicted octanol–water partition coefficient (Wildman–Crippen LogP) is 4.23. The van der Waals surface area contributed by atoms with Gasteiger partial charge in [-0.25, -0.2) is 0 Å². The first-order valence-corrected chi connectivity index (χ1v) is 8.89. The number of anilines is 1. The maximum Gasteiger partial charge on any atom is 0.236 e. The zero-order chi connectivity index (χ0) is 17.2. The van der Waals surface area contributed by atoms with Gasteiger partial charge in [0.15, 0.2) is 5.78 Å². The van der Waals surface area contributed by atoms with Crippen LogP contribution in [0, 0.1) is 17.8 Å². The Morgan fingerprint density at radius 1 is 1.08 bits per heavy atom. The molecule has 3 nitrogen and oxygen atoms in total. The van der Waals surface area contributed by atoms with Gasteiger partial charge in [0.05, 0.1) is 5.41 Å². The number of nitrogens with one attached hydrogen (secondary N) is 1. The Bertz CT molecular complexity index is 933. The molecule has 1 fully saturated rings. The SMILES string of the molecule is O=C(c1ccc(Cl)cc1)[C@H]1[C@H]2C=C[C@H](C2)[C@@]12C(=O)Nc1ccccc12. The Morgan fingerprint density at radius 2 is 1.84 bits per heavy atom. The van der Waals surface area contributed by atoms with Crippen molar-refractivity contribution in [3.05, 3.63) is 76.8 Å². The number of amides is 1. The third kappa shape index (κ3) is 1.82. The lowest BCUT2D eigenvalue weighted by Crippen LogP contribution is -2.48. The van der Waals surface area contributed by atoms with Crippen molar-refractivity contribution in [2.45, 2.75) is 11.8 Å². The smallest absolute Gasteiger partial charge is 0.236 e. The summed E-state index contributed by atoms with van der Waals surface area (Å²) in [6.07, 6.45) is 5.09. The average molecular weight is 350 g/mol. The zero-order valence-corrected chi connectivity index (χ0v) is 14.2. The molecule has 124 valence electrons. The van der Waals surface area contributed by atoms with Gasteiger partial charge in [-0.15, -0.1) is 0 Å². The van der Waals surface area contributed by atoms with Crippen molar-refractivity contribution >= 4 is 29.0 Å². The molecule has 2 aromatic carbocycles. The number of para-hydroxylation sites is 1. The molecule has 1 heterocycles. The van der Waals surface area contributed by atoms with Crippen molar-refractivity contribution in [1.29, 1.82) is 0 Å². The van der Waals surface area contributed by atoms with Crippen molar-refractivity contribution < 1.29 is 9.59 Å². The summed E-state index contributed by atoms with van der Waals surface area (Å²) >= 11 is 5.96. The number of allylic oxidation sites excluding steroid dienone is 2. The highest BCUT2D eigenvalue weighted by Crippen LogP contribution is 2.61. The largest absolute Gasteiger partial charge is 0.325 e. The fourth-order valence-electron chi connectivity index (χ4n) is 5.05. The molecule has 25 heavy (non-hydrogen) atoms. The Balaban J connectivity index is 1.69. The lowest BCUT2D eigenvalue weighted by Gasteiger charge is -2.36. The number of carbonyl (C=O) groups is 2. The number of Topliss-reactive ketones (excluding diaryl/α,β-unsaturated/α-hetero) is 1. The minimum absolute atomic E-state index is 0.0281. The number of fused-ring (bicyclic) bond motifs is 5. The third-order valence-electron chi connectivity index (χ3n) is 6.03. The maximum atomic E-state index is 13.4. The van der Waals surface area contributed by atoms with E-state index in [1.807, 2.05) is 24.3 Å². The maximum absolute atomic E-state index is 13.4. The van der Waals surface area contributed by atoms with Crippen LogP contribution in [0.25, 0.3) is 0 Å². The number of carbonyl (C=O) groups excluding carboxylic acids is 2. The second-order valence-electron chi connectivity index (χ2n) is 7.11. The van der Waals surface area contributed by atoms with Gasteiger partial charge in [-0.1, -0.05) is 42.0 Å². The fourth-order valence-corrected chi connectivity index (χ4v) is 5.18. The Morgan fingerprint density at radius 3 is 2.64 bits per heavy atom. The lowest BCUT2D eigenvalue weighted by atomic mass is 9.63. The summed E-state index contributed by atoms with van der Waals surface area (Å²) in [6.45, 7) is 0. The van der Waals surface area contributed by atoms with Crippen molar-refractivity contribution in [3.63, 3.8) is 0 Å². The van der Waals surface area contributed by atoms with Crippen LogP contribution in [0.1, 0.15) is 22.3 Å². The first-order chi connectivity index (χ1) is 12.1. The third-order valence-corrected chi connectivity index (χ3v) is 6.28. The summed E-state index contributed by atoms with van der Waals surface area (Å²) in [7, 11) is 0. The Labute approximate surface area is 150 Å². The summed E-state index contributed by atoms with van der Waals surface area (Å²) in [5.74, 6) is -0.210. The monoisotopic (exact) mass is 349 g/mol. The van der Waals surface area contributed by atoms with Crippen LogP contribution >= 0.6 is 11.6 Å². The van der Waals surface area contributed by atoms with Crippen molar-refractivity contribution in [3.8, 4) is 0 Å². The summed E-state index contributed by atoms with van der Waals surface area (Å²) < 4.78 is 0. The van der Waals surface area contributed by atoms with Gasteiger partial charge in [-0.3, -0.25) is 9.59 Å². The second-order valence-corrected chi connectivity index (χ2v) is 7.54. The molecule has 1 aliphatic heterocycles. The van der Waals surface area contributed by atoms with Crippen LogP contribution in [0.3, 0.4) is 0 Å². The van der Waals surface area contributed by atoms with Crippen LogP contribution in [0.2, 0.25) is 5.02 Å².